The van der Waals surface area contributed by atoms with E-state index in [4.69, 9.17) is 11.6 Å². The number of benzene rings is 1. The van der Waals surface area contributed by atoms with Crippen LogP contribution in [0.15, 0.2) is 24.5 Å². The first-order valence-electron chi connectivity index (χ1n) is 9.59. The zero-order valence-electron chi connectivity index (χ0n) is 16.2. The van der Waals surface area contributed by atoms with Crippen molar-refractivity contribution in [3.8, 4) is 0 Å². The van der Waals surface area contributed by atoms with Gasteiger partial charge in [-0.3, -0.25) is 4.79 Å². The molecule has 156 valence electrons. The Morgan fingerprint density at radius 2 is 2.21 bits per heavy atom. The smallest absolute Gasteiger partial charge is 0.318 e. The number of nitrogens with one attached hydrogen (secondary N) is 2. The van der Waals surface area contributed by atoms with E-state index in [0.29, 0.717) is 48.6 Å². The van der Waals surface area contributed by atoms with Gasteiger partial charge in [-0.25, -0.2) is 14.2 Å². The van der Waals surface area contributed by atoms with Gasteiger partial charge in [0.05, 0.1) is 19.1 Å². The minimum Gasteiger partial charge on any atom is -0.469 e. The van der Waals surface area contributed by atoms with Crippen molar-refractivity contribution in [1.29, 1.82) is 0 Å². The average molecular weight is 423 g/mol. The lowest BCUT2D eigenvalue weighted by Crippen LogP contribution is -2.46. The van der Waals surface area contributed by atoms with Gasteiger partial charge >= 0.3 is 12.0 Å². The Balaban J connectivity index is 1.65. The number of imidazole rings is 1. The SMILES string of the molecule is COC(=O)CCCCCNC(=O)N1CCc2[nH]cnc2C1c1ccc(Cl)cc1F. The third-order valence-corrected chi connectivity index (χ3v) is 5.24. The predicted molar refractivity (Wildman–Crippen MR) is 106 cm³/mol. The summed E-state index contributed by atoms with van der Waals surface area (Å²) in [7, 11) is 1.37. The number of ether oxygens (including phenoxy) is 1. The van der Waals surface area contributed by atoms with Crippen LogP contribution in [0.4, 0.5) is 9.18 Å². The van der Waals surface area contributed by atoms with Crippen molar-refractivity contribution in [2.75, 3.05) is 20.2 Å². The van der Waals surface area contributed by atoms with Crippen molar-refractivity contribution in [3.63, 3.8) is 0 Å². The summed E-state index contributed by atoms with van der Waals surface area (Å²) in [5.74, 6) is -0.705. The summed E-state index contributed by atoms with van der Waals surface area (Å²) in [5.41, 5.74) is 1.90. The maximum Gasteiger partial charge on any atom is 0.318 e. The van der Waals surface area contributed by atoms with Crippen LogP contribution in [0, 0.1) is 5.82 Å². The monoisotopic (exact) mass is 422 g/mol. The second kappa shape index (κ2) is 9.73. The number of esters is 1. The van der Waals surface area contributed by atoms with Crippen molar-refractivity contribution in [3.05, 3.63) is 52.3 Å². The maximum absolute atomic E-state index is 14.6. The zero-order chi connectivity index (χ0) is 20.8. The van der Waals surface area contributed by atoms with Gasteiger partial charge < -0.3 is 19.9 Å². The van der Waals surface area contributed by atoms with Gasteiger partial charge in [0, 0.05) is 42.2 Å². The molecule has 0 aliphatic carbocycles. The minimum absolute atomic E-state index is 0.231. The molecule has 1 aromatic carbocycles. The first kappa shape index (κ1) is 21.1. The first-order valence-corrected chi connectivity index (χ1v) is 9.97. The molecule has 29 heavy (non-hydrogen) atoms. The standard InChI is InChI=1S/C20H24ClFN4O3/c1-29-17(27)5-3-2-4-9-23-20(28)26-10-8-16-18(25-12-24-16)19(26)14-7-6-13(21)11-15(14)22/h6-7,11-12,19H,2-5,8-10H2,1H3,(H,23,28)(H,24,25). The fourth-order valence-corrected chi connectivity index (χ4v) is 3.66. The number of rotatable bonds is 7. The van der Waals surface area contributed by atoms with Gasteiger partial charge in [-0.2, -0.15) is 0 Å². The maximum atomic E-state index is 14.6. The lowest BCUT2D eigenvalue weighted by molar-refractivity contribution is -0.140. The molecule has 1 aliphatic rings. The summed E-state index contributed by atoms with van der Waals surface area (Å²) in [4.78, 5) is 33.0. The van der Waals surface area contributed by atoms with Gasteiger partial charge in [-0.15, -0.1) is 0 Å². The third-order valence-electron chi connectivity index (χ3n) is 5.00. The van der Waals surface area contributed by atoms with Crippen molar-refractivity contribution < 1.29 is 18.7 Å². The molecule has 2 N–H and O–H groups in total. The molecule has 1 atom stereocenters. The molecule has 0 spiro atoms. The molecule has 2 aromatic rings. The molecule has 3 rings (SSSR count). The number of carbonyl (C=O) groups is 2. The predicted octanol–water partition coefficient (Wildman–Crippen LogP) is 3.59. The molecule has 1 aromatic heterocycles. The van der Waals surface area contributed by atoms with Crippen LogP contribution in [-0.4, -0.2) is 47.1 Å². The molecule has 2 heterocycles. The van der Waals surface area contributed by atoms with Crippen LogP contribution in [0.1, 0.15) is 48.7 Å². The highest BCUT2D eigenvalue weighted by atomic mass is 35.5. The normalized spacial score (nSPS) is 15.7. The second-order valence-corrected chi connectivity index (χ2v) is 7.33. The summed E-state index contributed by atoms with van der Waals surface area (Å²) in [5, 5.41) is 3.19. The number of aromatic nitrogens is 2. The molecule has 0 fully saturated rings. The van der Waals surface area contributed by atoms with Crippen LogP contribution >= 0.6 is 11.6 Å². The number of aromatic amines is 1. The van der Waals surface area contributed by atoms with E-state index in [2.05, 4.69) is 20.0 Å². The number of halogens is 2. The lowest BCUT2D eigenvalue weighted by Gasteiger charge is -2.35. The Morgan fingerprint density at radius 3 is 2.97 bits per heavy atom. The van der Waals surface area contributed by atoms with Crippen molar-refractivity contribution in [2.24, 2.45) is 0 Å². The molecule has 0 radical (unpaired) electrons. The van der Waals surface area contributed by atoms with Crippen LogP contribution < -0.4 is 5.32 Å². The molecular formula is C20H24ClFN4O3. The van der Waals surface area contributed by atoms with E-state index in [-0.39, 0.29) is 12.0 Å². The number of nitrogens with zero attached hydrogens (tertiary/aromatic N) is 2. The van der Waals surface area contributed by atoms with E-state index in [9.17, 15) is 14.0 Å². The van der Waals surface area contributed by atoms with Crippen LogP contribution in [0.5, 0.6) is 0 Å². The fraction of sp³-hybridized carbons (Fsp3) is 0.450. The number of unbranched alkanes of at least 4 members (excludes halogenated alkanes) is 2. The Bertz CT molecular complexity index is 873. The Morgan fingerprint density at radius 1 is 1.38 bits per heavy atom. The summed E-state index contributed by atoms with van der Waals surface area (Å²) in [6.45, 7) is 0.913. The Hall–Kier alpha value is -2.61. The molecule has 0 saturated heterocycles. The quantitative estimate of drug-likeness (QED) is 0.527. The fourth-order valence-electron chi connectivity index (χ4n) is 3.50. The topological polar surface area (TPSA) is 87.3 Å². The highest BCUT2D eigenvalue weighted by Gasteiger charge is 2.35. The van der Waals surface area contributed by atoms with Crippen LogP contribution in [-0.2, 0) is 16.0 Å². The molecule has 9 heteroatoms. The van der Waals surface area contributed by atoms with Crippen molar-refractivity contribution >= 4 is 23.6 Å². The molecular weight excluding hydrogens is 399 g/mol. The van der Waals surface area contributed by atoms with Gasteiger partial charge in [-0.1, -0.05) is 24.1 Å². The number of H-pyrrole nitrogens is 1. The highest BCUT2D eigenvalue weighted by molar-refractivity contribution is 6.30. The van der Waals surface area contributed by atoms with Gasteiger partial charge in [0.2, 0.25) is 0 Å². The number of methoxy groups -OCH3 is 1. The zero-order valence-corrected chi connectivity index (χ0v) is 17.0. The Kier molecular flexibility index (Phi) is 7.09. The third kappa shape index (κ3) is 5.06. The molecule has 0 bridgehead atoms. The average Bonchev–Trinajstić information content (AvgIpc) is 3.18. The van der Waals surface area contributed by atoms with Gasteiger partial charge in [0.25, 0.3) is 0 Å². The number of urea groups is 1. The van der Waals surface area contributed by atoms with Crippen molar-refractivity contribution in [2.45, 2.75) is 38.1 Å². The van der Waals surface area contributed by atoms with Gasteiger partial charge in [0.15, 0.2) is 0 Å². The summed E-state index contributed by atoms with van der Waals surface area (Å²) in [6.07, 6.45) is 4.80. The number of amides is 2. The summed E-state index contributed by atoms with van der Waals surface area (Å²) < 4.78 is 19.2. The second-order valence-electron chi connectivity index (χ2n) is 6.90. The van der Waals surface area contributed by atoms with Crippen LogP contribution in [0.25, 0.3) is 0 Å². The van der Waals surface area contributed by atoms with Crippen LogP contribution in [0.2, 0.25) is 5.02 Å². The van der Waals surface area contributed by atoms with E-state index < -0.39 is 11.9 Å². The highest BCUT2D eigenvalue weighted by Crippen LogP contribution is 2.35. The number of carbonyl (C=O) groups excluding carboxylic acids is 2. The van der Waals surface area contributed by atoms with Gasteiger partial charge in [0.1, 0.15) is 11.9 Å². The van der Waals surface area contributed by atoms with Crippen LogP contribution in [0.3, 0.4) is 0 Å². The van der Waals surface area contributed by atoms with E-state index in [1.807, 2.05) is 0 Å². The van der Waals surface area contributed by atoms with Gasteiger partial charge in [-0.05, 0) is 25.0 Å². The summed E-state index contributed by atoms with van der Waals surface area (Å²) >= 11 is 5.89. The van der Waals surface area contributed by atoms with E-state index in [1.54, 1.807) is 23.4 Å². The Labute approximate surface area is 173 Å². The molecule has 7 nitrogen and oxygen atoms in total. The molecule has 1 aliphatic heterocycles. The molecule has 1 unspecified atom stereocenters. The first-order chi connectivity index (χ1) is 14.0. The summed E-state index contributed by atoms with van der Waals surface area (Å²) in [6, 6.07) is 3.56. The molecule has 2 amide bonds. The number of fused-ring (bicyclic) bond motifs is 1. The number of hydrogen-bond donors (Lipinski definition) is 2. The largest absolute Gasteiger partial charge is 0.469 e. The minimum atomic E-state index is -0.624. The van der Waals surface area contributed by atoms with E-state index in [1.165, 1.54) is 13.2 Å². The lowest BCUT2D eigenvalue weighted by atomic mass is 9.95. The molecule has 0 saturated carbocycles. The van der Waals surface area contributed by atoms with Crippen molar-refractivity contribution in [1.82, 2.24) is 20.2 Å². The number of hydrogen-bond acceptors (Lipinski definition) is 4. The van der Waals surface area contributed by atoms with E-state index >= 15 is 0 Å². The van der Waals surface area contributed by atoms with E-state index in [0.717, 1.165) is 18.5 Å².